The van der Waals surface area contributed by atoms with Gasteiger partial charge in [0, 0.05) is 11.1 Å². The van der Waals surface area contributed by atoms with Gasteiger partial charge in [-0.15, -0.1) is 0 Å². The SMILES string of the molecule is CC(O)(CCC(C)(O)C(=O)c1ccccc1)C(=O)c1ccccc1. The number of hydrogen-bond acceptors (Lipinski definition) is 4. The Hall–Kier alpha value is -2.30. The van der Waals surface area contributed by atoms with Crippen molar-refractivity contribution in [2.45, 2.75) is 37.9 Å². The van der Waals surface area contributed by atoms with Gasteiger partial charge >= 0.3 is 0 Å². The minimum Gasteiger partial charge on any atom is -0.382 e. The summed E-state index contributed by atoms with van der Waals surface area (Å²) < 4.78 is 0. The first-order valence-electron chi connectivity index (χ1n) is 7.88. The van der Waals surface area contributed by atoms with Crippen molar-refractivity contribution in [2.75, 3.05) is 0 Å². The van der Waals surface area contributed by atoms with Crippen LogP contribution in [-0.4, -0.2) is 33.0 Å². The van der Waals surface area contributed by atoms with Gasteiger partial charge in [-0.1, -0.05) is 60.7 Å². The van der Waals surface area contributed by atoms with E-state index < -0.39 is 22.8 Å². The van der Waals surface area contributed by atoms with Crippen LogP contribution in [0.4, 0.5) is 0 Å². The van der Waals surface area contributed by atoms with E-state index in [-0.39, 0.29) is 12.8 Å². The number of hydrogen-bond donors (Lipinski definition) is 2. The van der Waals surface area contributed by atoms with Crippen LogP contribution in [-0.2, 0) is 0 Å². The van der Waals surface area contributed by atoms with Gasteiger partial charge in [-0.25, -0.2) is 0 Å². The van der Waals surface area contributed by atoms with Crippen LogP contribution in [0.5, 0.6) is 0 Å². The molecule has 2 aromatic rings. The monoisotopic (exact) mass is 326 g/mol. The van der Waals surface area contributed by atoms with Gasteiger partial charge in [0.2, 0.25) is 0 Å². The number of aliphatic hydroxyl groups is 2. The molecule has 0 aliphatic carbocycles. The molecule has 2 atom stereocenters. The van der Waals surface area contributed by atoms with Crippen molar-refractivity contribution < 1.29 is 19.8 Å². The quantitative estimate of drug-likeness (QED) is 0.767. The van der Waals surface area contributed by atoms with Crippen LogP contribution in [0.3, 0.4) is 0 Å². The van der Waals surface area contributed by atoms with Gasteiger partial charge in [-0.05, 0) is 26.7 Å². The van der Waals surface area contributed by atoms with Gasteiger partial charge in [0.15, 0.2) is 11.6 Å². The summed E-state index contributed by atoms with van der Waals surface area (Å²) in [6, 6.07) is 17.0. The fourth-order valence-corrected chi connectivity index (χ4v) is 2.51. The zero-order valence-electron chi connectivity index (χ0n) is 13.9. The largest absolute Gasteiger partial charge is 0.382 e. The highest BCUT2D eigenvalue weighted by Gasteiger charge is 2.37. The third-order valence-corrected chi connectivity index (χ3v) is 4.15. The summed E-state index contributed by atoms with van der Waals surface area (Å²) in [4.78, 5) is 24.8. The maximum Gasteiger partial charge on any atom is 0.194 e. The molecule has 0 aliphatic rings. The van der Waals surface area contributed by atoms with Crippen LogP contribution in [0.15, 0.2) is 60.7 Å². The van der Waals surface area contributed by atoms with Crippen LogP contribution in [0.2, 0.25) is 0 Å². The zero-order chi connectivity index (χ0) is 17.8. The summed E-state index contributed by atoms with van der Waals surface area (Å²) in [5.74, 6) is -0.850. The van der Waals surface area contributed by atoms with Crippen molar-refractivity contribution in [1.82, 2.24) is 0 Å². The maximum atomic E-state index is 12.4. The molecule has 0 saturated heterocycles. The van der Waals surface area contributed by atoms with Gasteiger partial charge in [-0.3, -0.25) is 9.59 Å². The minimum absolute atomic E-state index is 0.0215. The summed E-state index contributed by atoms with van der Waals surface area (Å²) in [7, 11) is 0. The van der Waals surface area contributed by atoms with E-state index in [1.807, 2.05) is 0 Å². The lowest BCUT2D eigenvalue weighted by Crippen LogP contribution is -2.41. The van der Waals surface area contributed by atoms with E-state index in [4.69, 9.17) is 0 Å². The highest BCUT2D eigenvalue weighted by Crippen LogP contribution is 2.26. The molecule has 2 aromatic carbocycles. The molecule has 0 saturated carbocycles. The predicted octanol–water partition coefficient (Wildman–Crippen LogP) is 3.03. The number of carbonyl (C=O) groups is 2. The van der Waals surface area contributed by atoms with Crippen molar-refractivity contribution >= 4 is 11.6 Å². The van der Waals surface area contributed by atoms with Gasteiger partial charge in [0.1, 0.15) is 11.2 Å². The van der Waals surface area contributed by atoms with Crippen molar-refractivity contribution in [3.63, 3.8) is 0 Å². The minimum atomic E-state index is -1.65. The van der Waals surface area contributed by atoms with E-state index in [1.54, 1.807) is 60.7 Å². The molecule has 0 fully saturated rings. The Bertz CT molecular complexity index is 639. The first kappa shape index (κ1) is 18.0. The number of Topliss-reactive ketones (excluding diaryl/α,β-unsaturated/α-hetero) is 2. The Labute approximate surface area is 141 Å². The second kappa shape index (κ2) is 7.07. The molecule has 24 heavy (non-hydrogen) atoms. The second-order valence-corrected chi connectivity index (χ2v) is 6.44. The molecule has 4 nitrogen and oxygen atoms in total. The van der Waals surface area contributed by atoms with E-state index in [0.29, 0.717) is 11.1 Å². The molecule has 0 aromatic heterocycles. The third kappa shape index (κ3) is 4.16. The molecule has 2 N–H and O–H groups in total. The van der Waals surface area contributed by atoms with Crippen molar-refractivity contribution in [3.8, 4) is 0 Å². The van der Waals surface area contributed by atoms with Crippen molar-refractivity contribution in [1.29, 1.82) is 0 Å². The topological polar surface area (TPSA) is 74.6 Å². The average molecular weight is 326 g/mol. The highest BCUT2D eigenvalue weighted by atomic mass is 16.3. The Morgan fingerprint density at radius 1 is 0.708 bits per heavy atom. The molecular weight excluding hydrogens is 304 g/mol. The second-order valence-electron chi connectivity index (χ2n) is 6.44. The fourth-order valence-electron chi connectivity index (χ4n) is 2.51. The molecule has 0 amide bonds. The summed E-state index contributed by atoms with van der Waals surface area (Å²) >= 11 is 0. The van der Waals surface area contributed by atoms with Gasteiger partial charge in [0.05, 0.1) is 0 Å². The molecular formula is C20H22O4. The lowest BCUT2D eigenvalue weighted by atomic mass is 9.83. The van der Waals surface area contributed by atoms with Gasteiger partial charge in [-0.2, -0.15) is 0 Å². The molecule has 0 bridgehead atoms. The summed E-state index contributed by atoms with van der Waals surface area (Å²) in [6.45, 7) is 2.82. The number of ketones is 2. The number of benzene rings is 2. The number of rotatable bonds is 7. The van der Waals surface area contributed by atoms with Gasteiger partial charge in [0.25, 0.3) is 0 Å². The van der Waals surface area contributed by atoms with Crippen LogP contribution in [0.25, 0.3) is 0 Å². The average Bonchev–Trinajstić information content (AvgIpc) is 2.60. The van der Waals surface area contributed by atoms with E-state index in [0.717, 1.165) is 0 Å². The standard InChI is InChI=1S/C20H22O4/c1-19(23,17(21)15-9-5-3-6-10-15)13-14-20(2,24)18(22)16-11-7-4-8-12-16/h3-12,23-24H,13-14H2,1-2H3. The van der Waals surface area contributed by atoms with E-state index >= 15 is 0 Å². The Morgan fingerprint density at radius 3 is 1.29 bits per heavy atom. The molecule has 4 heteroatoms. The Balaban J connectivity index is 2.07. The summed E-state index contributed by atoms with van der Waals surface area (Å²) in [6.07, 6.45) is -0.0431. The zero-order valence-corrected chi connectivity index (χ0v) is 13.9. The summed E-state index contributed by atoms with van der Waals surface area (Å²) in [5.41, 5.74) is -2.50. The molecule has 126 valence electrons. The summed E-state index contributed by atoms with van der Waals surface area (Å²) in [5, 5.41) is 21.0. The lowest BCUT2D eigenvalue weighted by molar-refractivity contribution is 0.00810. The molecule has 0 heterocycles. The fraction of sp³-hybridized carbons (Fsp3) is 0.300. The Kier molecular flexibility index (Phi) is 5.32. The first-order valence-corrected chi connectivity index (χ1v) is 7.88. The van der Waals surface area contributed by atoms with Crippen LogP contribution in [0.1, 0.15) is 47.4 Å². The lowest BCUT2D eigenvalue weighted by Gasteiger charge is -2.27. The predicted molar refractivity (Wildman–Crippen MR) is 92.0 cm³/mol. The Morgan fingerprint density at radius 2 is 1.00 bits per heavy atom. The van der Waals surface area contributed by atoms with Crippen molar-refractivity contribution in [2.24, 2.45) is 0 Å². The van der Waals surface area contributed by atoms with Gasteiger partial charge < -0.3 is 10.2 Å². The number of carbonyl (C=O) groups excluding carboxylic acids is 2. The molecule has 0 radical (unpaired) electrons. The van der Waals surface area contributed by atoms with E-state index in [2.05, 4.69) is 0 Å². The highest BCUT2D eigenvalue weighted by molar-refractivity contribution is 6.03. The van der Waals surface area contributed by atoms with Crippen LogP contribution in [0, 0.1) is 0 Å². The molecule has 2 unspecified atom stereocenters. The molecule has 2 rings (SSSR count). The maximum absolute atomic E-state index is 12.4. The third-order valence-electron chi connectivity index (χ3n) is 4.15. The molecule has 0 aliphatic heterocycles. The van der Waals surface area contributed by atoms with Crippen LogP contribution >= 0.6 is 0 Å². The normalized spacial score (nSPS) is 16.0. The van der Waals surface area contributed by atoms with E-state index in [1.165, 1.54) is 13.8 Å². The molecule has 0 spiro atoms. The van der Waals surface area contributed by atoms with E-state index in [9.17, 15) is 19.8 Å². The van der Waals surface area contributed by atoms with Crippen LogP contribution < -0.4 is 0 Å². The first-order chi connectivity index (χ1) is 11.2. The van der Waals surface area contributed by atoms with Crippen molar-refractivity contribution in [3.05, 3.63) is 71.8 Å². The smallest absolute Gasteiger partial charge is 0.194 e.